The molecule has 0 amide bonds. The number of methoxy groups -OCH3 is 1. The van der Waals surface area contributed by atoms with Crippen molar-refractivity contribution >= 4 is 22.4 Å². The Labute approximate surface area is 208 Å². The maximum absolute atomic E-state index is 6.46. The van der Waals surface area contributed by atoms with Crippen molar-refractivity contribution in [3.8, 4) is 5.75 Å². The summed E-state index contributed by atoms with van der Waals surface area (Å²) in [4.78, 5) is 2.68. The highest BCUT2D eigenvalue weighted by Gasteiger charge is 2.37. The molecule has 1 aliphatic rings. The second-order valence-electron chi connectivity index (χ2n) is 9.77. The van der Waals surface area contributed by atoms with Crippen LogP contribution in [0.5, 0.6) is 5.75 Å². The Balaban J connectivity index is 1.53. The minimum Gasteiger partial charge on any atom is -0.497 e. The van der Waals surface area contributed by atoms with Crippen molar-refractivity contribution in [1.29, 1.82) is 0 Å². The number of rotatable bonds is 5. The first-order valence-corrected chi connectivity index (χ1v) is 12.5. The molecule has 5 rings (SSSR count). The molecule has 34 heavy (non-hydrogen) atoms. The fraction of sp³-hybridized carbons (Fsp3) is 0.290. The van der Waals surface area contributed by atoms with Gasteiger partial charge in [0.05, 0.1) is 7.11 Å². The second-order valence-corrected chi connectivity index (χ2v) is 10.2. The normalized spacial score (nSPS) is 19.4. The Kier molecular flexibility index (Phi) is 6.38. The summed E-state index contributed by atoms with van der Waals surface area (Å²) in [5, 5.41) is 3.29. The van der Waals surface area contributed by atoms with Crippen LogP contribution in [0.2, 0.25) is 5.02 Å². The first-order valence-electron chi connectivity index (χ1n) is 12.1. The van der Waals surface area contributed by atoms with E-state index in [9.17, 15) is 0 Å². The molecule has 4 aromatic rings. The van der Waals surface area contributed by atoms with Gasteiger partial charge >= 0.3 is 0 Å². The Morgan fingerprint density at radius 3 is 2.29 bits per heavy atom. The van der Waals surface area contributed by atoms with Crippen molar-refractivity contribution in [2.24, 2.45) is 0 Å². The molecule has 3 heteroatoms. The van der Waals surface area contributed by atoms with Crippen LogP contribution in [0.15, 0.2) is 78.9 Å². The third kappa shape index (κ3) is 4.58. The van der Waals surface area contributed by atoms with Gasteiger partial charge in [0.15, 0.2) is 0 Å². The molecule has 0 spiro atoms. The zero-order chi connectivity index (χ0) is 23.8. The number of likely N-dealkylation sites (tertiary alicyclic amines) is 1. The highest BCUT2D eigenvalue weighted by molar-refractivity contribution is 6.30. The predicted octanol–water partition coefficient (Wildman–Crippen LogP) is 8.41. The van der Waals surface area contributed by atoms with E-state index < -0.39 is 0 Å². The van der Waals surface area contributed by atoms with E-state index in [4.69, 9.17) is 16.3 Å². The zero-order valence-electron chi connectivity index (χ0n) is 20.4. The van der Waals surface area contributed by atoms with E-state index in [-0.39, 0.29) is 0 Å². The highest BCUT2D eigenvalue weighted by Crippen LogP contribution is 2.46. The van der Waals surface area contributed by atoms with Gasteiger partial charge in [-0.3, -0.25) is 4.90 Å². The maximum atomic E-state index is 6.46. The van der Waals surface area contributed by atoms with Crippen LogP contribution in [0.25, 0.3) is 10.8 Å². The lowest BCUT2D eigenvalue weighted by Crippen LogP contribution is -2.27. The molecule has 0 N–H and O–H groups in total. The monoisotopic (exact) mass is 469 g/mol. The second kappa shape index (κ2) is 9.44. The molecule has 0 saturated carbocycles. The molecule has 174 valence electrons. The number of fused-ring (bicyclic) bond motifs is 1. The van der Waals surface area contributed by atoms with Gasteiger partial charge in [0, 0.05) is 23.7 Å². The van der Waals surface area contributed by atoms with Crippen LogP contribution in [0.4, 0.5) is 0 Å². The number of benzene rings is 4. The van der Waals surface area contributed by atoms with Gasteiger partial charge < -0.3 is 4.74 Å². The van der Waals surface area contributed by atoms with Gasteiger partial charge in [-0.1, -0.05) is 65.7 Å². The fourth-order valence-electron chi connectivity index (χ4n) is 5.47. The van der Waals surface area contributed by atoms with Crippen molar-refractivity contribution in [2.75, 3.05) is 13.7 Å². The summed E-state index contributed by atoms with van der Waals surface area (Å²) in [6, 6.07) is 29.4. The van der Waals surface area contributed by atoms with E-state index in [1.54, 1.807) is 7.11 Å². The molecule has 0 aliphatic carbocycles. The lowest BCUT2D eigenvalue weighted by molar-refractivity contribution is 0.193. The van der Waals surface area contributed by atoms with Crippen molar-refractivity contribution in [3.05, 3.63) is 112 Å². The summed E-state index contributed by atoms with van der Waals surface area (Å²) in [5.41, 5.74) is 6.61. The van der Waals surface area contributed by atoms with Crippen LogP contribution >= 0.6 is 11.6 Å². The molecule has 1 fully saturated rings. The lowest BCUT2D eigenvalue weighted by atomic mass is 9.92. The van der Waals surface area contributed by atoms with Crippen LogP contribution in [0, 0.1) is 13.8 Å². The number of ether oxygens (including phenoxy) is 1. The molecule has 3 atom stereocenters. The Morgan fingerprint density at radius 1 is 0.824 bits per heavy atom. The average Bonchev–Trinajstić information content (AvgIpc) is 3.28. The molecule has 1 unspecified atom stereocenters. The highest BCUT2D eigenvalue weighted by atomic mass is 35.5. The average molecular weight is 470 g/mol. The summed E-state index contributed by atoms with van der Waals surface area (Å²) in [5.74, 6) is 1.34. The van der Waals surface area contributed by atoms with E-state index in [1.165, 1.54) is 38.6 Å². The summed E-state index contributed by atoms with van der Waals surface area (Å²) < 4.78 is 5.42. The van der Waals surface area contributed by atoms with Gasteiger partial charge in [-0.2, -0.15) is 0 Å². The van der Waals surface area contributed by atoms with Crippen molar-refractivity contribution in [3.63, 3.8) is 0 Å². The number of hydrogen-bond acceptors (Lipinski definition) is 2. The maximum Gasteiger partial charge on any atom is 0.119 e. The summed E-state index contributed by atoms with van der Waals surface area (Å²) in [6.07, 6.45) is 1.08. The first kappa shape index (κ1) is 23.0. The van der Waals surface area contributed by atoms with Crippen molar-refractivity contribution in [2.45, 2.75) is 45.2 Å². The molecule has 1 saturated heterocycles. The lowest BCUT2D eigenvalue weighted by Gasteiger charge is -2.31. The molecule has 0 aromatic heterocycles. The number of aryl methyl sites for hydroxylation is 2. The standard InChI is InChI=1S/C31H32ClNO/c1-20-5-7-23(8-6-20)22(3)33-19-28(27-13-21(2)14-29(32)16-27)18-31(33)26-10-9-25-17-30(34-4)12-11-24(25)15-26/h5-17,22,28,31H,18-19H2,1-4H3/t22?,28-,31+/m0/s1. The minimum absolute atomic E-state index is 0.322. The van der Waals surface area contributed by atoms with Crippen LogP contribution < -0.4 is 4.74 Å². The molecule has 0 bridgehead atoms. The van der Waals surface area contributed by atoms with Crippen LogP contribution in [0.3, 0.4) is 0 Å². The smallest absolute Gasteiger partial charge is 0.119 e. The Hall–Kier alpha value is -2.81. The third-order valence-corrected chi connectivity index (χ3v) is 7.61. The Bertz CT molecular complexity index is 1290. The SMILES string of the molecule is COc1ccc2cc([C@H]3C[C@H](c4cc(C)cc(Cl)c4)CN3C(C)c3ccc(C)cc3)ccc2c1. The zero-order valence-corrected chi connectivity index (χ0v) is 21.1. The number of hydrogen-bond donors (Lipinski definition) is 0. The van der Waals surface area contributed by atoms with Crippen LogP contribution in [0.1, 0.15) is 59.2 Å². The van der Waals surface area contributed by atoms with Gasteiger partial charge in [-0.15, -0.1) is 0 Å². The van der Waals surface area contributed by atoms with Crippen molar-refractivity contribution < 1.29 is 4.74 Å². The largest absolute Gasteiger partial charge is 0.497 e. The van der Waals surface area contributed by atoms with Crippen molar-refractivity contribution in [1.82, 2.24) is 4.90 Å². The fourth-order valence-corrected chi connectivity index (χ4v) is 5.77. The van der Waals surface area contributed by atoms with E-state index in [1.807, 2.05) is 12.1 Å². The van der Waals surface area contributed by atoms with E-state index in [2.05, 4.69) is 92.4 Å². The summed E-state index contributed by atoms with van der Waals surface area (Å²) >= 11 is 6.46. The molecule has 1 heterocycles. The Morgan fingerprint density at radius 2 is 1.56 bits per heavy atom. The van der Waals surface area contributed by atoms with Gasteiger partial charge in [0.1, 0.15) is 5.75 Å². The molecular formula is C31H32ClNO. The van der Waals surface area contributed by atoms with Gasteiger partial charge in [0.2, 0.25) is 0 Å². The van der Waals surface area contributed by atoms with E-state index in [0.717, 1.165) is 23.7 Å². The topological polar surface area (TPSA) is 12.5 Å². The van der Waals surface area contributed by atoms with Gasteiger partial charge in [-0.05, 0) is 96.5 Å². The molecular weight excluding hydrogens is 438 g/mol. The van der Waals surface area contributed by atoms with E-state index >= 15 is 0 Å². The first-order chi connectivity index (χ1) is 16.4. The van der Waals surface area contributed by atoms with E-state index in [0.29, 0.717) is 18.0 Å². The third-order valence-electron chi connectivity index (χ3n) is 7.39. The molecule has 0 radical (unpaired) electrons. The molecule has 4 aromatic carbocycles. The quantitative estimate of drug-likeness (QED) is 0.291. The number of nitrogens with zero attached hydrogens (tertiary/aromatic N) is 1. The number of halogens is 1. The van der Waals surface area contributed by atoms with Gasteiger partial charge in [0.25, 0.3) is 0 Å². The van der Waals surface area contributed by atoms with Crippen LogP contribution in [-0.2, 0) is 0 Å². The molecule has 1 aliphatic heterocycles. The van der Waals surface area contributed by atoms with Gasteiger partial charge in [-0.25, -0.2) is 0 Å². The molecule has 2 nitrogen and oxygen atoms in total. The predicted molar refractivity (Wildman–Crippen MR) is 143 cm³/mol. The minimum atomic E-state index is 0.322. The van der Waals surface area contributed by atoms with Crippen LogP contribution in [-0.4, -0.2) is 18.6 Å². The summed E-state index contributed by atoms with van der Waals surface area (Å²) in [6.45, 7) is 7.64. The summed E-state index contributed by atoms with van der Waals surface area (Å²) in [7, 11) is 1.72.